The van der Waals surface area contributed by atoms with Crippen molar-refractivity contribution in [2.45, 2.75) is 41.9 Å². The second kappa shape index (κ2) is 9.11. The van der Waals surface area contributed by atoms with Crippen LogP contribution in [0.1, 0.15) is 13.3 Å². The van der Waals surface area contributed by atoms with Crippen LogP contribution in [0.3, 0.4) is 0 Å². The van der Waals surface area contributed by atoms with Crippen molar-refractivity contribution < 1.29 is 19.0 Å². The number of rotatable bonds is 6. The molecule has 24 heavy (non-hydrogen) atoms. The van der Waals surface area contributed by atoms with Gasteiger partial charge in [-0.25, -0.2) is 4.79 Å². The maximum atomic E-state index is 12.1. The molecule has 1 aromatic rings. The zero-order valence-electron chi connectivity index (χ0n) is 14.4. The molecule has 0 bridgehead atoms. The highest BCUT2D eigenvalue weighted by Crippen LogP contribution is 2.35. The van der Waals surface area contributed by atoms with E-state index < -0.39 is 6.09 Å². The third kappa shape index (κ3) is 4.75. The van der Waals surface area contributed by atoms with Crippen molar-refractivity contribution >= 4 is 17.9 Å². The number of nitrogens with zero attached hydrogens (tertiary/aromatic N) is 1. The molecule has 1 fully saturated rings. The van der Waals surface area contributed by atoms with Gasteiger partial charge >= 0.3 is 6.09 Å². The van der Waals surface area contributed by atoms with E-state index in [9.17, 15) is 4.79 Å². The van der Waals surface area contributed by atoms with Gasteiger partial charge in [0.2, 0.25) is 0 Å². The maximum Gasteiger partial charge on any atom is 0.410 e. The van der Waals surface area contributed by atoms with Crippen LogP contribution in [0.15, 0.2) is 47.9 Å². The summed E-state index contributed by atoms with van der Waals surface area (Å²) in [7, 11) is 3.38. The van der Waals surface area contributed by atoms with Crippen molar-refractivity contribution in [2.24, 2.45) is 0 Å². The molecule has 1 amide bonds. The molecule has 1 unspecified atom stereocenters. The van der Waals surface area contributed by atoms with Gasteiger partial charge in [0.25, 0.3) is 0 Å². The van der Waals surface area contributed by atoms with Crippen LogP contribution < -0.4 is 0 Å². The molecule has 2 rings (SSSR count). The number of ether oxygens (including phenoxy) is 3. The van der Waals surface area contributed by atoms with Crippen LogP contribution in [0.5, 0.6) is 0 Å². The normalized spacial score (nSPS) is 26.6. The second-order valence-electron chi connectivity index (χ2n) is 5.68. The van der Waals surface area contributed by atoms with Gasteiger partial charge < -0.3 is 19.1 Å². The van der Waals surface area contributed by atoms with Gasteiger partial charge in [0, 0.05) is 25.5 Å². The number of carbonyl (C=O) groups is 1. The highest BCUT2D eigenvalue weighted by atomic mass is 32.2. The van der Waals surface area contributed by atoms with E-state index in [1.165, 1.54) is 0 Å². The Morgan fingerprint density at radius 1 is 1.46 bits per heavy atom. The molecule has 1 aliphatic rings. The molecule has 0 radical (unpaired) electrons. The number of benzene rings is 1. The fraction of sp³-hybridized carbons (Fsp3) is 0.500. The monoisotopic (exact) mass is 351 g/mol. The van der Waals surface area contributed by atoms with Crippen molar-refractivity contribution in [1.82, 2.24) is 4.90 Å². The smallest absolute Gasteiger partial charge is 0.410 e. The van der Waals surface area contributed by atoms with E-state index in [1.807, 2.05) is 25.1 Å². The van der Waals surface area contributed by atoms with Crippen LogP contribution in [0, 0.1) is 0 Å². The van der Waals surface area contributed by atoms with E-state index >= 15 is 0 Å². The topological polar surface area (TPSA) is 48.0 Å². The second-order valence-corrected chi connectivity index (χ2v) is 6.91. The minimum Gasteiger partial charge on any atom is -0.445 e. The molecule has 0 saturated carbocycles. The molecular formula is C18H25NO4S. The van der Waals surface area contributed by atoms with Crippen molar-refractivity contribution in [3.8, 4) is 0 Å². The minimum atomic E-state index is -0.397. The number of hydrogen-bond donors (Lipinski definition) is 0. The fourth-order valence-corrected chi connectivity index (χ4v) is 4.02. The number of likely N-dealkylation sites (N-methyl/N-ethyl adjacent to an activating group) is 1. The van der Waals surface area contributed by atoms with Gasteiger partial charge in [-0.2, -0.15) is 0 Å². The van der Waals surface area contributed by atoms with Gasteiger partial charge in [-0.3, -0.25) is 0 Å². The predicted molar refractivity (Wildman–Crippen MR) is 95.1 cm³/mol. The van der Waals surface area contributed by atoms with Gasteiger partial charge in [0.15, 0.2) is 0 Å². The number of hydrogen-bond acceptors (Lipinski definition) is 5. The van der Waals surface area contributed by atoms with Crippen LogP contribution in [0.2, 0.25) is 0 Å². The Labute approximate surface area is 148 Å². The Kier molecular flexibility index (Phi) is 7.15. The largest absolute Gasteiger partial charge is 0.445 e. The highest BCUT2D eigenvalue weighted by molar-refractivity contribution is 7.99. The standard InChI is InChI=1S/C18H25NO4S/c1-5-11-22-18(20)19(3)17-13(2)23-16(12-15(17)21-4)24-14-9-7-6-8-10-14/h5-10,13,15-17H,1,11-12H2,2-4H3/t13-,15-,16?,17+/m0/s1. The summed E-state index contributed by atoms with van der Waals surface area (Å²) in [5.74, 6) is 0. The maximum absolute atomic E-state index is 12.1. The highest BCUT2D eigenvalue weighted by Gasteiger charge is 2.41. The number of methoxy groups -OCH3 is 1. The summed E-state index contributed by atoms with van der Waals surface area (Å²) in [5.41, 5.74) is -0.0128. The van der Waals surface area contributed by atoms with Crippen LogP contribution >= 0.6 is 11.8 Å². The molecule has 5 nitrogen and oxygen atoms in total. The van der Waals surface area contributed by atoms with Crippen LogP contribution in [-0.4, -0.2) is 55.4 Å². The molecule has 6 heteroatoms. The van der Waals surface area contributed by atoms with E-state index in [2.05, 4.69) is 18.7 Å². The molecule has 1 saturated heterocycles. The van der Waals surface area contributed by atoms with E-state index in [0.717, 1.165) is 4.90 Å². The summed E-state index contributed by atoms with van der Waals surface area (Å²) in [6, 6.07) is 9.94. The first kappa shape index (κ1) is 18.8. The van der Waals surface area contributed by atoms with Crippen LogP contribution in [0.25, 0.3) is 0 Å². The number of amides is 1. The lowest BCUT2D eigenvalue weighted by Crippen LogP contribution is -2.56. The first-order chi connectivity index (χ1) is 11.6. The zero-order valence-corrected chi connectivity index (χ0v) is 15.2. The Bertz CT molecular complexity index is 539. The van der Waals surface area contributed by atoms with E-state index in [1.54, 1.807) is 36.9 Å². The average molecular weight is 351 g/mol. The molecule has 0 aromatic heterocycles. The molecule has 1 aliphatic heterocycles. The summed E-state index contributed by atoms with van der Waals surface area (Å²) in [5, 5.41) is 0. The summed E-state index contributed by atoms with van der Waals surface area (Å²) >= 11 is 1.67. The Morgan fingerprint density at radius 3 is 2.79 bits per heavy atom. The third-order valence-corrected chi connectivity index (χ3v) is 5.14. The van der Waals surface area contributed by atoms with Gasteiger partial charge in [-0.15, -0.1) is 0 Å². The molecule has 0 N–H and O–H groups in total. The van der Waals surface area contributed by atoms with Crippen LogP contribution in [0.4, 0.5) is 4.79 Å². The molecule has 4 atom stereocenters. The third-order valence-electron chi connectivity index (χ3n) is 4.03. The minimum absolute atomic E-state index is 0.0128. The molecule has 132 valence electrons. The average Bonchev–Trinajstić information content (AvgIpc) is 2.59. The van der Waals surface area contributed by atoms with Gasteiger partial charge in [-0.1, -0.05) is 42.6 Å². The van der Waals surface area contributed by atoms with Gasteiger partial charge in [0.1, 0.15) is 12.0 Å². The predicted octanol–water partition coefficient (Wildman–Crippen LogP) is 3.55. The van der Waals surface area contributed by atoms with Crippen LogP contribution in [-0.2, 0) is 14.2 Å². The first-order valence-corrected chi connectivity index (χ1v) is 8.85. The number of thioether (sulfide) groups is 1. The lowest BCUT2D eigenvalue weighted by Gasteiger charge is -2.43. The van der Waals surface area contributed by atoms with Crippen molar-refractivity contribution in [1.29, 1.82) is 0 Å². The summed E-state index contributed by atoms with van der Waals surface area (Å²) in [6.45, 7) is 5.71. The lowest BCUT2D eigenvalue weighted by molar-refractivity contribution is -0.116. The summed E-state index contributed by atoms with van der Waals surface area (Å²) in [4.78, 5) is 14.8. The Balaban J connectivity index is 2.02. The fourth-order valence-electron chi connectivity index (χ4n) is 2.89. The molecule has 0 spiro atoms. The first-order valence-electron chi connectivity index (χ1n) is 7.97. The number of carbonyl (C=O) groups excluding carboxylic acids is 1. The van der Waals surface area contributed by atoms with Crippen molar-refractivity contribution in [3.05, 3.63) is 43.0 Å². The quantitative estimate of drug-likeness (QED) is 0.734. The summed E-state index contributed by atoms with van der Waals surface area (Å²) in [6.07, 6.45) is 1.57. The SMILES string of the molecule is C=CCOC(=O)N(C)[C@@H]1[C@H](C)OC(Sc2ccccc2)C[C@@H]1OC. The Morgan fingerprint density at radius 2 is 2.17 bits per heavy atom. The lowest BCUT2D eigenvalue weighted by atomic mass is 9.99. The van der Waals surface area contributed by atoms with E-state index in [-0.39, 0.29) is 30.3 Å². The van der Waals surface area contributed by atoms with Crippen molar-refractivity contribution in [2.75, 3.05) is 20.8 Å². The molecule has 0 aliphatic carbocycles. The van der Waals surface area contributed by atoms with E-state index in [0.29, 0.717) is 6.42 Å². The Hall–Kier alpha value is -1.50. The molecule has 1 heterocycles. The molecule has 1 aromatic carbocycles. The van der Waals surface area contributed by atoms with E-state index in [4.69, 9.17) is 14.2 Å². The molecular weight excluding hydrogens is 326 g/mol. The zero-order chi connectivity index (χ0) is 17.5. The summed E-state index contributed by atoms with van der Waals surface area (Å²) < 4.78 is 16.9. The van der Waals surface area contributed by atoms with Crippen molar-refractivity contribution in [3.63, 3.8) is 0 Å². The van der Waals surface area contributed by atoms with Gasteiger partial charge in [0.05, 0.1) is 18.2 Å². The van der Waals surface area contributed by atoms with Gasteiger partial charge in [-0.05, 0) is 19.1 Å².